The van der Waals surface area contributed by atoms with Crippen LogP contribution in [0.4, 0.5) is 39.8 Å². The number of benzene rings is 7. The normalized spacial score (nSPS) is 20.4. The maximum absolute atomic E-state index is 11.2. The Kier molecular flexibility index (Phi) is 31.7. The van der Waals surface area contributed by atoms with Gasteiger partial charge in [-0.25, -0.2) is 0 Å². The molecule has 0 saturated carbocycles. The number of thiophene rings is 6. The van der Waals surface area contributed by atoms with Crippen molar-refractivity contribution in [2.75, 3.05) is 42.3 Å². The molecule has 1 N–H and O–H groups in total. The maximum atomic E-state index is 11.2. The number of hydrogen-bond acceptors (Lipinski definition) is 9. The van der Waals surface area contributed by atoms with Crippen LogP contribution in [0.3, 0.4) is 0 Å². The molecule has 0 saturated heterocycles. The van der Waals surface area contributed by atoms with Crippen molar-refractivity contribution in [1.29, 1.82) is 0 Å². The number of nitro benzene ring substituents is 1. The minimum Gasteiger partial charge on any atom is -0.508 e. The van der Waals surface area contributed by atoms with Crippen LogP contribution >= 0.6 is 84.0 Å². The fraction of sp³-hybridized carbons (Fsp3) is 0.210. The molecule has 6 unspecified atom stereocenters. The van der Waals surface area contributed by atoms with Crippen LogP contribution in [0.2, 0.25) is 0 Å². The van der Waals surface area contributed by atoms with Crippen molar-refractivity contribution in [2.45, 2.75) is 119 Å². The number of hydrogen-bond donors (Lipinski definition) is 1. The molecule has 6 atom stereocenters. The zero-order valence-electron chi connectivity index (χ0n) is 80.2. The lowest BCUT2D eigenvalue weighted by Gasteiger charge is -2.20. The number of rotatable bonds is 25. The van der Waals surface area contributed by atoms with Gasteiger partial charge in [0.1, 0.15) is 48.0 Å². The summed E-state index contributed by atoms with van der Waals surface area (Å²) in [7, 11) is 12.7. The number of nitro groups is 1. The summed E-state index contributed by atoms with van der Waals surface area (Å²) in [6.45, 7) is 39.5. The molecule has 6 aliphatic heterocycles. The number of nitrogens with zero attached hydrogens (tertiary/aromatic N) is 7. The van der Waals surface area contributed by atoms with E-state index >= 15 is 0 Å². The number of aromatic hydroxyl groups is 1. The fourth-order valence-corrected chi connectivity index (χ4v) is 24.5. The van der Waals surface area contributed by atoms with Crippen LogP contribution in [0.25, 0.3) is 47.2 Å². The molecule has 13 aromatic rings. The van der Waals surface area contributed by atoms with Crippen LogP contribution in [0.15, 0.2) is 355 Å². The van der Waals surface area contributed by atoms with Crippen LogP contribution in [0.1, 0.15) is 148 Å². The highest BCUT2D eigenvalue weighted by atomic mass is 79.9. The van der Waals surface area contributed by atoms with Gasteiger partial charge in [-0.15, -0.1) is 107 Å². The SMILES string of the molecule is C=CCC1(C)C(/C=C/c2cccs2)=[N+](C)c2c1ccc1ccccc21.C=CCC1(C)C(/C=C/c2cccs2)=[N+](C)c2ccc(Br)cc21.C=CCC1(C)C(/C=C/c2cccs2)=[N+](C)c2ccc(C)cc21.C=CCC1(C)C(/C=C/c2cccs2)=[N+](C)c2ccc(O)cc21.C=CCC1(C)C(/C=C/c2cccs2)=[N+](C)c2ccc([N+](=O)[O-])cc21.C=CCC1(C)C(/C=C/c2cccs2)=[N+](C)c2ccccc21. The van der Waals surface area contributed by atoms with Gasteiger partial charge < -0.3 is 5.11 Å². The zero-order chi connectivity index (χ0) is 96.9. The Morgan fingerprint density at radius 1 is 0.324 bits per heavy atom. The van der Waals surface area contributed by atoms with E-state index in [-0.39, 0.29) is 43.1 Å². The van der Waals surface area contributed by atoms with Crippen molar-refractivity contribution >= 4 is 205 Å². The molecular weight excluding hydrogens is 1850 g/mol. The minimum atomic E-state index is -0.339. The molecule has 0 amide bonds. The lowest BCUT2D eigenvalue weighted by Crippen LogP contribution is -2.30. The second kappa shape index (κ2) is 43.3. The molecule has 19 rings (SSSR count). The van der Waals surface area contributed by atoms with Gasteiger partial charge in [0, 0.05) is 146 Å². The number of aryl methyl sites for hydroxylation is 1. The molecular formula is C119H122BrN7O3S6+6. The third-order valence-corrected chi connectivity index (χ3v) is 32.9. The van der Waals surface area contributed by atoms with E-state index in [1.165, 1.54) is 119 Å². The minimum absolute atomic E-state index is 0.000846. The third-order valence-electron chi connectivity index (χ3n) is 27.4. The Morgan fingerprint density at radius 3 is 0.993 bits per heavy atom. The molecule has 17 heteroatoms. The molecule has 0 radical (unpaired) electrons. The zero-order valence-corrected chi connectivity index (χ0v) is 86.7. The summed E-state index contributed by atoms with van der Waals surface area (Å²) in [5.74, 6) is 0.311. The predicted molar refractivity (Wildman–Crippen MR) is 595 cm³/mol. The van der Waals surface area contributed by atoms with Gasteiger partial charge in [0.25, 0.3) is 5.69 Å². The third kappa shape index (κ3) is 20.4. The van der Waals surface area contributed by atoms with Crippen LogP contribution in [-0.4, -0.2) is 114 Å². The number of halogens is 1. The molecule has 6 aromatic heterocycles. The van der Waals surface area contributed by atoms with E-state index in [1.807, 2.05) is 73.1 Å². The molecule has 6 aliphatic rings. The quantitative estimate of drug-likeness (QED) is 0.0268. The topological polar surface area (TPSA) is 81.4 Å². The van der Waals surface area contributed by atoms with Crippen molar-refractivity contribution in [2.24, 2.45) is 0 Å². The second-order valence-corrected chi connectivity index (χ2v) is 43.0. The van der Waals surface area contributed by atoms with Gasteiger partial charge in [-0.05, 0) is 234 Å². The van der Waals surface area contributed by atoms with Crippen LogP contribution in [0, 0.1) is 17.0 Å². The van der Waals surface area contributed by atoms with Gasteiger partial charge >= 0.3 is 0 Å². The Hall–Kier alpha value is -12.4. The van der Waals surface area contributed by atoms with E-state index in [2.05, 4.69) is 430 Å². The van der Waals surface area contributed by atoms with Crippen molar-refractivity contribution in [3.63, 3.8) is 0 Å². The summed E-state index contributed by atoms with van der Waals surface area (Å²) in [6.07, 6.45) is 43.7. The first-order chi connectivity index (χ1) is 65.5. The molecule has 136 heavy (non-hydrogen) atoms. The van der Waals surface area contributed by atoms with Gasteiger partial charge in [-0.1, -0.05) is 149 Å². The molecule has 0 aliphatic carbocycles. The van der Waals surface area contributed by atoms with Gasteiger partial charge in [0.2, 0.25) is 34.1 Å². The van der Waals surface area contributed by atoms with Gasteiger partial charge in [0.05, 0.1) is 42.8 Å². The summed E-state index contributed by atoms with van der Waals surface area (Å²) in [5, 5.41) is 36.2. The van der Waals surface area contributed by atoms with Crippen LogP contribution < -0.4 is 0 Å². The summed E-state index contributed by atoms with van der Waals surface area (Å²) >= 11 is 14.1. The maximum Gasteiger partial charge on any atom is 0.270 e. The first-order valence-corrected chi connectivity index (χ1v) is 51.8. The summed E-state index contributed by atoms with van der Waals surface area (Å²) in [6, 6.07) is 71.1. The van der Waals surface area contributed by atoms with E-state index in [0.29, 0.717) is 5.75 Å². The number of para-hydroxylation sites is 1. The van der Waals surface area contributed by atoms with E-state index < -0.39 is 0 Å². The Labute approximate surface area is 836 Å². The number of phenols is 1. The van der Waals surface area contributed by atoms with Gasteiger partial charge in [-0.3, -0.25) is 10.1 Å². The van der Waals surface area contributed by atoms with E-state index in [0.717, 1.165) is 71.2 Å². The average molecular weight is 1970 g/mol. The first-order valence-electron chi connectivity index (χ1n) is 45.7. The molecule has 688 valence electrons. The Balaban J connectivity index is 0.000000131. The highest BCUT2D eigenvalue weighted by Crippen LogP contribution is 2.51. The molecule has 10 nitrogen and oxygen atoms in total. The first kappa shape index (κ1) is 99.5. The van der Waals surface area contributed by atoms with E-state index in [9.17, 15) is 15.2 Å². The second-order valence-electron chi connectivity index (χ2n) is 36.2. The monoisotopic (exact) mass is 1970 g/mol. The highest BCUT2D eigenvalue weighted by Gasteiger charge is 2.52. The standard InChI is InChI=1S/C23H22NS.C20H22NS.C19H19BrNS.C19H19N2O2S.C19H19NOS.C19H20NS/c1-4-15-23(2)20-13-11-17-8-5-6-10-19(17)22(20)24(3)21(23)14-12-18-9-7-16-25-18;1-5-12-20(3)17-14-15(2)8-10-18(17)21(4)19(20)11-9-16-7-6-13-22-16;1-4-11-19(2)16-13-14(20)7-9-17(16)21(3)18(19)10-8-15-6-5-12-22-15;1-4-11-19(2)16-13-14(21(22)23)7-9-17(16)20(3)18(19)10-8-15-6-5-12-24-15;1-4-11-19(2)16-13-14(21)7-9-17(16)20(3)18(19)10-8-15-6-5-12-22-15;1-4-13-19(2)16-9-5-6-10-17(16)20(3)18(19)12-11-15-8-7-14-21-15/h4-14,16H,1,15H2,2-3H3;5-11,13-14H,1,12H2,2-4H3;4-10,12-13H,1,11H2,2-3H3;4-10,12-13H,1,11H2,2-3H3;4-10,12-13H,1,11H2,2-3H3;4-12,14H,1,13H2,2-3H3/q4*+1;;+1/p+1/b14-12+;11-9+;3*10-8+;12-11+. The number of phenolic OH excluding ortho intramolecular Hbond substituents is 1. The largest absolute Gasteiger partial charge is 0.508 e. The highest BCUT2D eigenvalue weighted by molar-refractivity contribution is 9.10. The fourth-order valence-electron chi connectivity index (χ4n) is 20.4. The van der Waals surface area contributed by atoms with Gasteiger partial charge in [0.15, 0.2) is 34.3 Å². The number of fused-ring (bicyclic) bond motifs is 8. The van der Waals surface area contributed by atoms with Crippen molar-refractivity contribution in [3.05, 3.63) is 434 Å². The Bertz CT molecular complexity index is 6760. The van der Waals surface area contributed by atoms with E-state index in [1.54, 1.807) is 86.2 Å². The average Bonchev–Trinajstić information content (AvgIpc) is 1.57. The lowest BCUT2D eigenvalue weighted by molar-refractivity contribution is -0.402. The smallest absolute Gasteiger partial charge is 0.270 e. The molecule has 0 bridgehead atoms. The van der Waals surface area contributed by atoms with Gasteiger partial charge in [-0.2, -0.15) is 27.5 Å². The van der Waals surface area contributed by atoms with Crippen molar-refractivity contribution in [1.82, 2.24) is 0 Å². The summed E-state index contributed by atoms with van der Waals surface area (Å²) < 4.78 is 14.7. The number of allylic oxidation sites excluding steroid dienone is 12. The predicted octanol–water partition coefficient (Wildman–Crippen LogP) is 32.0. The molecule has 7 aromatic carbocycles. The summed E-state index contributed by atoms with van der Waals surface area (Å²) in [5.41, 5.74) is 23.5. The molecule has 12 heterocycles. The number of non-ortho nitro benzene ring substituents is 1. The molecule has 0 fully saturated rings. The van der Waals surface area contributed by atoms with Crippen LogP contribution in [0.5, 0.6) is 5.75 Å². The Morgan fingerprint density at radius 2 is 0.625 bits per heavy atom. The lowest BCUT2D eigenvalue weighted by atomic mass is 9.76. The summed E-state index contributed by atoms with van der Waals surface area (Å²) in [4.78, 5) is 18.4. The molecule has 0 spiro atoms. The van der Waals surface area contributed by atoms with Crippen molar-refractivity contribution in [3.8, 4) is 5.75 Å². The van der Waals surface area contributed by atoms with Crippen molar-refractivity contribution < 1.29 is 37.5 Å². The van der Waals surface area contributed by atoms with E-state index in [4.69, 9.17) is 0 Å². The van der Waals surface area contributed by atoms with Crippen LogP contribution in [-0.2, 0) is 32.5 Å².